The number of aliphatic carboxylic acids is 2. The van der Waals surface area contributed by atoms with Gasteiger partial charge in [-0.1, -0.05) is 18.2 Å². The molecule has 0 saturated carbocycles. The molecular weight excluding hydrogens is 432 g/mol. The largest absolute Gasteiger partial charge is 0.481 e. The first-order valence-electron chi connectivity index (χ1n) is 10.1. The lowest BCUT2D eigenvalue weighted by molar-refractivity contribution is -0.147. The number of hydrogen-bond donors (Lipinski definition) is 7. The molecule has 2 amide bonds. The molecule has 2 heterocycles. The lowest BCUT2D eigenvalue weighted by atomic mass is 10.0. The van der Waals surface area contributed by atoms with Crippen molar-refractivity contribution in [3.8, 4) is 0 Å². The fourth-order valence-corrected chi connectivity index (χ4v) is 3.38. The van der Waals surface area contributed by atoms with Gasteiger partial charge in [0.15, 0.2) is 0 Å². The van der Waals surface area contributed by atoms with Crippen LogP contribution >= 0.6 is 0 Å². The number of hydrogen-bond acceptors (Lipinski definition) is 6. The van der Waals surface area contributed by atoms with Crippen molar-refractivity contribution in [2.45, 2.75) is 37.4 Å². The quantitative estimate of drug-likeness (QED) is 0.200. The van der Waals surface area contributed by atoms with Crippen molar-refractivity contribution in [2.24, 2.45) is 5.73 Å². The molecule has 3 rings (SSSR count). The van der Waals surface area contributed by atoms with Gasteiger partial charge in [0.1, 0.15) is 12.1 Å². The van der Waals surface area contributed by atoms with Gasteiger partial charge in [0.05, 0.1) is 18.8 Å². The van der Waals surface area contributed by atoms with E-state index < -0.39 is 48.3 Å². The molecule has 12 nitrogen and oxygen atoms in total. The smallest absolute Gasteiger partial charge is 0.326 e. The summed E-state index contributed by atoms with van der Waals surface area (Å²) in [6.07, 6.45) is 3.95. The number of nitrogens with zero attached hydrogens (tertiary/aromatic N) is 1. The highest BCUT2D eigenvalue weighted by atomic mass is 16.4. The van der Waals surface area contributed by atoms with Crippen molar-refractivity contribution in [1.29, 1.82) is 0 Å². The molecule has 33 heavy (non-hydrogen) atoms. The summed E-state index contributed by atoms with van der Waals surface area (Å²) in [5, 5.41) is 23.7. The summed E-state index contributed by atoms with van der Waals surface area (Å²) in [4.78, 5) is 57.5. The maximum Gasteiger partial charge on any atom is 0.326 e. The van der Waals surface area contributed by atoms with Crippen molar-refractivity contribution in [2.75, 3.05) is 0 Å². The molecule has 174 valence electrons. The number of nitrogens with one attached hydrogen (secondary N) is 4. The third-order valence-corrected chi connectivity index (χ3v) is 5.06. The molecule has 0 aliphatic rings. The van der Waals surface area contributed by atoms with Crippen LogP contribution in [0.25, 0.3) is 10.9 Å². The van der Waals surface area contributed by atoms with Crippen LogP contribution in [0, 0.1) is 0 Å². The molecule has 1 aromatic carbocycles. The minimum Gasteiger partial charge on any atom is -0.481 e. The molecule has 0 aliphatic heterocycles. The van der Waals surface area contributed by atoms with Crippen LogP contribution in [0.3, 0.4) is 0 Å². The maximum atomic E-state index is 12.8. The van der Waals surface area contributed by atoms with Gasteiger partial charge in [0.25, 0.3) is 0 Å². The van der Waals surface area contributed by atoms with Crippen LogP contribution in [0.15, 0.2) is 43.0 Å². The first kappa shape index (κ1) is 23.5. The van der Waals surface area contributed by atoms with Gasteiger partial charge in [-0.3, -0.25) is 14.4 Å². The zero-order chi connectivity index (χ0) is 24.0. The molecule has 0 fully saturated rings. The number of imidazole rings is 1. The van der Waals surface area contributed by atoms with E-state index in [1.807, 2.05) is 24.3 Å². The van der Waals surface area contributed by atoms with Gasteiger partial charge >= 0.3 is 11.9 Å². The molecular formula is C21H24N6O6. The molecule has 3 unspecified atom stereocenters. The van der Waals surface area contributed by atoms with Gasteiger partial charge in [-0.25, -0.2) is 9.78 Å². The Morgan fingerprint density at radius 1 is 1.00 bits per heavy atom. The average molecular weight is 456 g/mol. The number of carbonyl (C=O) groups excluding carboxylic acids is 2. The predicted molar refractivity (Wildman–Crippen MR) is 116 cm³/mol. The fraction of sp³-hybridized carbons (Fsp3) is 0.286. The van der Waals surface area contributed by atoms with Crippen LogP contribution in [-0.4, -0.2) is 67.0 Å². The number of amides is 2. The number of H-pyrrole nitrogens is 2. The van der Waals surface area contributed by atoms with Gasteiger partial charge in [-0.15, -0.1) is 0 Å². The Hall–Kier alpha value is -4.19. The van der Waals surface area contributed by atoms with E-state index >= 15 is 0 Å². The molecule has 12 heteroatoms. The van der Waals surface area contributed by atoms with Crippen LogP contribution in [0.4, 0.5) is 0 Å². The van der Waals surface area contributed by atoms with E-state index in [4.69, 9.17) is 10.8 Å². The number of rotatable bonds is 11. The van der Waals surface area contributed by atoms with Crippen molar-refractivity contribution in [3.05, 3.63) is 54.2 Å². The maximum absolute atomic E-state index is 12.8. The second kappa shape index (κ2) is 10.4. The molecule has 3 aromatic rings. The Kier molecular flexibility index (Phi) is 7.41. The predicted octanol–water partition coefficient (Wildman–Crippen LogP) is -0.468. The zero-order valence-corrected chi connectivity index (χ0v) is 17.4. The zero-order valence-electron chi connectivity index (χ0n) is 17.4. The lowest BCUT2D eigenvalue weighted by Crippen LogP contribution is -2.55. The van der Waals surface area contributed by atoms with Gasteiger partial charge < -0.3 is 36.5 Å². The monoisotopic (exact) mass is 456 g/mol. The van der Waals surface area contributed by atoms with E-state index in [0.29, 0.717) is 5.69 Å². The summed E-state index contributed by atoms with van der Waals surface area (Å²) in [7, 11) is 0. The normalized spacial score (nSPS) is 13.7. The number of aromatic amines is 2. The van der Waals surface area contributed by atoms with Gasteiger partial charge in [0, 0.05) is 35.4 Å². The van der Waals surface area contributed by atoms with E-state index in [0.717, 1.165) is 16.5 Å². The number of benzene rings is 1. The standard InChI is InChI=1S/C21H24N6O6/c22-14(5-11-8-24-15-4-2-1-3-13(11)15)19(30)26-16(6-12-9-23-10-25-12)20(31)27-17(21(32)33)7-18(28)29/h1-4,8-10,14,16-17,24H,5-7,22H2,(H,23,25)(H,26,30)(H,27,31)(H,28,29)(H,32,33). The second-order valence-electron chi connectivity index (χ2n) is 7.51. The number of fused-ring (bicyclic) bond motifs is 1. The molecule has 8 N–H and O–H groups in total. The minimum absolute atomic E-state index is 0.0310. The molecule has 0 radical (unpaired) electrons. The van der Waals surface area contributed by atoms with Gasteiger partial charge in [-0.2, -0.15) is 0 Å². The van der Waals surface area contributed by atoms with E-state index in [1.165, 1.54) is 12.5 Å². The van der Waals surface area contributed by atoms with E-state index in [2.05, 4.69) is 25.6 Å². The molecule has 3 atom stereocenters. The summed E-state index contributed by atoms with van der Waals surface area (Å²) >= 11 is 0. The van der Waals surface area contributed by atoms with Crippen LogP contribution in [0.5, 0.6) is 0 Å². The van der Waals surface area contributed by atoms with Gasteiger partial charge in [0.2, 0.25) is 11.8 Å². The van der Waals surface area contributed by atoms with Crippen molar-refractivity contribution < 1.29 is 29.4 Å². The van der Waals surface area contributed by atoms with Crippen LogP contribution in [0.1, 0.15) is 17.7 Å². The SMILES string of the molecule is NC(Cc1c[nH]c2ccccc12)C(=O)NC(Cc1cnc[nH]1)C(=O)NC(CC(=O)O)C(=O)O. The van der Waals surface area contributed by atoms with Gasteiger partial charge in [-0.05, 0) is 18.1 Å². The average Bonchev–Trinajstić information content (AvgIpc) is 3.42. The molecule has 0 bridgehead atoms. The highest BCUT2D eigenvalue weighted by molar-refractivity contribution is 5.93. The molecule has 0 saturated heterocycles. The summed E-state index contributed by atoms with van der Waals surface area (Å²) in [6, 6.07) is 3.68. The third kappa shape index (κ3) is 6.17. The van der Waals surface area contributed by atoms with Crippen molar-refractivity contribution in [1.82, 2.24) is 25.6 Å². The first-order chi connectivity index (χ1) is 15.7. The number of carboxylic acids is 2. The van der Waals surface area contributed by atoms with E-state index in [-0.39, 0.29) is 12.8 Å². The number of carbonyl (C=O) groups is 4. The molecule has 2 aromatic heterocycles. The number of para-hydroxylation sites is 1. The van der Waals surface area contributed by atoms with E-state index in [9.17, 15) is 24.3 Å². The fourth-order valence-electron chi connectivity index (χ4n) is 3.38. The Labute approximate surface area is 187 Å². The number of carboxylic acid groups (broad SMARTS) is 2. The van der Waals surface area contributed by atoms with Crippen molar-refractivity contribution >= 4 is 34.7 Å². The summed E-state index contributed by atoms with van der Waals surface area (Å²) < 4.78 is 0. The van der Waals surface area contributed by atoms with Crippen molar-refractivity contribution in [3.63, 3.8) is 0 Å². The first-order valence-corrected chi connectivity index (χ1v) is 10.1. The Bertz CT molecular complexity index is 1140. The van der Waals surface area contributed by atoms with Crippen LogP contribution in [0.2, 0.25) is 0 Å². The number of nitrogens with two attached hydrogens (primary N) is 1. The highest BCUT2D eigenvalue weighted by Gasteiger charge is 2.30. The Morgan fingerprint density at radius 2 is 1.73 bits per heavy atom. The minimum atomic E-state index is -1.66. The summed E-state index contributed by atoms with van der Waals surface area (Å²) in [6.45, 7) is 0. The lowest BCUT2D eigenvalue weighted by Gasteiger charge is -2.22. The third-order valence-electron chi connectivity index (χ3n) is 5.06. The summed E-state index contributed by atoms with van der Waals surface area (Å²) in [5.41, 5.74) is 8.32. The molecule has 0 spiro atoms. The second-order valence-corrected chi connectivity index (χ2v) is 7.51. The highest BCUT2D eigenvalue weighted by Crippen LogP contribution is 2.18. The summed E-state index contributed by atoms with van der Waals surface area (Å²) in [5.74, 6) is -4.37. The van der Waals surface area contributed by atoms with E-state index in [1.54, 1.807) is 6.20 Å². The topological polar surface area (TPSA) is 203 Å². The number of aromatic nitrogens is 3. The molecule has 0 aliphatic carbocycles. The Balaban J connectivity index is 1.71. The Morgan fingerprint density at radius 3 is 2.39 bits per heavy atom. The van der Waals surface area contributed by atoms with Crippen LogP contribution in [-0.2, 0) is 32.0 Å². The van der Waals surface area contributed by atoms with Crippen LogP contribution < -0.4 is 16.4 Å².